The Morgan fingerprint density at radius 1 is 1.29 bits per heavy atom. The lowest BCUT2D eigenvalue weighted by atomic mass is 9.94. The van der Waals surface area contributed by atoms with Gasteiger partial charge in [-0.3, -0.25) is 4.90 Å². The maximum atomic E-state index is 9.71. The van der Waals surface area contributed by atoms with Gasteiger partial charge >= 0.3 is 0 Å². The average Bonchev–Trinajstić information content (AvgIpc) is 2.47. The Labute approximate surface area is 104 Å². The number of likely N-dealkylation sites (N-methyl/N-ethyl adjacent to an activating group) is 1. The molecule has 1 aromatic rings. The Kier molecular flexibility index (Phi) is 3.99. The van der Waals surface area contributed by atoms with E-state index in [0.29, 0.717) is 19.0 Å². The first-order chi connectivity index (χ1) is 7.58. The lowest BCUT2D eigenvalue weighted by molar-refractivity contribution is 0.0401. The smallest absolute Gasteiger partial charge is 0.208 e. The van der Waals surface area contributed by atoms with E-state index in [9.17, 15) is 5.11 Å². The Morgan fingerprint density at radius 2 is 1.88 bits per heavy atom. The number of oxazole rings is 1. The Morgan fingerprint density at radius 3 is 2.29 bits per heavy atom. The molecule has 98 valence electrons. The van der Waals surface area contributed by atoms with Crippen molar-refractivity contribution in [2.24, 2.45) is 0 Å². The quantitative estimate of drug-likeness (QED) is 0.876. The molecule has 1 heterocycles. The van der Waals surface area contributed by atoms with Gasteiger partial charge in [0.05, 0.1) is 18.3 Å². The van der Waals surface area contributed by atoms with E-state index in [4.69, 9.17) is 4.42 Å². The fourth-order valence-electron chi connectivity index (χ4n) is 1.68. The van der Waals surface area contributed by atoms with Crippen molar-refractivity contribution in [1.29, 1.82) is 0 Å². The number of aromatic nitrogens is 1. The summed E-state index contributed by atoms with van der Waals surface area (Å²) in [4.78, 5) is 6.26. The van der Waals surface area contributed by atoms with Crippen LogP contribution < -0.4 is 0 Å². The molecule has 1 N–H and O–H groups in total. The maximum Gasteiger partial charge on any atom is 0.208 e. The highest BCUT2D eigenvalue weighted by Gasteiger charge is 2.21. The summed E-state index contributed by atoms with van der Waals surface area (Å²) >= 11 is 0. The van der Waals surface area contributed by atoms with Gasteiger partial charge in [0.2, 0.25) is 5.89 Å². The molecule has 0 aromatic carbocycles. The second-order valence-electron chi connectivity index (χ2n) is 6.35. The minimum absolute atomic E-state index is 0.0138. The van der Waals surface area contributed by atoms with E-state index in [1.54, 1.807) is 20.0 Å². The number of hydrogen-bond donors (Lipinski definition) is 1. The summed E-state index contributed by atoms with van der Waals surface area (Å²) in [5.41, 5.74) is -0.714. The number of rotatable bonds is 4. The molecule has 0 aliphatic heterocycles. The predicted molar refractivity (Wildman–Crippen MR) is 67.8 cm³/mol. The van der Waals surface area contributed by atoms with Gasteiger partial charge in [-0.2, -0.15) is 0 Å². The van der Waals surface area contributed by atoms with Crippen LogP contribution >= 0.6 is 0 Å². The molecule has 0 unspecified atom stereocenters. The van der Waals surface area contributed by atoms with Crippen molar-refractivity contribution in [3.05, 3.63) is 17.8 Å². The van der Waals surface area contributed by atoms with Gasteiger partial charge in [-0.15, -0.1) is 0 Å². The van der Waals surface area contributed by atoms with Crippen LogP contribution in [0.3, 0.4) is 0 Å². The van der Waals surface area contributed by atoms with Crippen LogP contribution in [0.25, 0.3) is 0 Å². The van der Waals surface area contributed by atoms with E-state index >= 15 is 0 Å². The molecule has 0 amide bonds. The average molecular weight is 240 g/mol. The van der Waals surface area contributed by atoms with Crippen molar-refractivity contribution in [2.75, 3.05) is 13.6 Å². The van der Waals surface area contributed by atoms with E-state index in [2.05, 4.69) is 25.8 Å². The van der Waals surface area contributed by atoms with Crippen molar-refractivity contribution in [1.82, 2.24) is 9.88 Å². The first-order valence-corrected chi connectivity index (χ1v) is 5.94. The van der Waals surface area contributed by atoms with Crippen molar-refractivity contribution < 1.29 is 9.52 Å². The van der Waals surface area contributed by atoms with E-state index in [0.717, 1.165) is 5.76 Å². The molecule has 0 fully saturated rings. The lowest BCUT2D eigenvalue weighted by Gasteiger charge is -2.24. The van der Waals surface area contributed by atoms with E-state index < -0.39 is 5.60 Å². The molecule has 17 heavy (non-hydrogen) atoms. The predicted octanol–water partition coefficient (Wildman–Crippen LogP) is 2.17. The third kappa shape index (κ3) is 4.88. The molecule has 0 aliphatic carbocycles. The molecule has 0 saturated carbocycles. The van der Waals surface area contributed by atoms with Gasteiger partial charge in [0.15, 0.2) is 0 Å². The molecule has 0 aliphatic rings. The molecule has 4 heteroatoms. The number of hydrogen-bond acceptors (Lipinski definition) is 4. The first kappa shape index (κ1) is 14.2. The summed E-state index contributed by atoms with van der Waals surface area (Å²) in [6.45, 7) is 11.1. The van der Waals surface area contributed by atoms with Gasteiger partial charge in [-0.1, -0.05) is 20.8 Å². The van der Waals surface area contributed by atoms with Gasteiger partial charge < -0.3 is 9.52 Å². The van der Waals surface area contributed by atoms with Gasteiger partial charge in [-0.25, -0.2) is 4.98 Å². The van der Waals surface area contributed by atoms with Crippen LogP contribution in [-0.2, 0) is 12.0 Å². The number of nitrogens with zero attached hydrogens (tertiary/aromatic N) is 2. The standard InChI is InChI=1S/C13H24N2O2/c1-12(2,3)10-7-14-11(17-10)8-15(6)9-13(4,5)16/h7,16H,8-9H2,1-6H3. The van der Waals surface area contributed by atoms with E-state index in [-0.39, 0.29) is 5.41 Å². The van der Waals surface area contributed by atoms with Crippen molar-refractivity contribution >= 4 is 0 Å². The molecule has 0 saturated heterocycles. The van der Waals surface area contributed by atoms with Crippen molar-refractivity contribution in [3.8, 4) is 0 Å². The normalized spacial score (nSPS) is 13.4. The summed E-state index contributed by atoms with van der Waals surface area (Å²) in [5.74, 6) is 1.59. The van der Waals surface area contributed by atoms with Crippen LogP contribution in [-0.4, -0.2) is 34.2 Å². The fraction of sp³-hybridized carbons (Fsp3) is 0.769. The van der Waals surface area contributed by atoms with Crippen LogP contribution in [0.1, 0.15) is 46.3 Å². The van der Waals surface area contributed by atoms with Gasteiger partial charge in [-0.05, 0) is 20.9 Å². The second kappa shape index (κ2) is 4.78. The molecule has 0 radical (unpaired) electrons. The highest BCUT2D eigenvalue weighted by atomic mass is 16.4. The molecule has 1 rings (SSSR count). The fourth-order valence-corrected chi connectivity index (χ4v) is 1.68. The van der Waals surface area contributed by atoms with E-state index in [1.807, 2.05) is 11.9 Å². The SMILES string of the molecule is CN(Cc1ncc(C(C)(C)C)o1)CC(C)(C)O. The van der Waals surface area contributed by atoms with Gasteiger partial charge in [0, 0.05) is 12.0 Å². The van der Waals surface area contributed by atoms with Gasteiger partial charge in [0.25, 0.3) is 0 Å². The first-order valence-electron chi connectivity index (χ1n) is 5.94. The molecule has 4 nitrogen and oxygen atoms in total. The topological polar surface area (TPSA) is 49.5 Å². The monoisotopic (exact) mass is 240 g/mol. The van der Waals surface area contributed by atoms with Crippen LogP contribution in [0.2, 0.25) is 0 Å². The van der Waals surface area contributed by atoms with Crippen LogP contribution in [0, 0.1) is 0 Å². The molecular weight excluding hydrogens is 216 g/mol. The third-order valence-electron chi connectivity index (χ3n) is 2.35. The van der Waals surface area contributed by atoms with E-state index in [1.165, 1.54) is 0 Å². The van der Waals surface area contributed by atoms with Crippen molar-refractivity contribution in [2.45, 2.75) is 52.2 Å². The summed E-state index contributed by atoms with van der Waals surface area (Å²) in [6, 6.07) is 0. The zero-order valence-corrected chi connectivity index (χ0v) is 11.7. The Balaban J connectivity index is 2.61. The second-order valence-corrected chi connectivity index (χ2v) is 6.35. The van der Waals surface area contributed by atoms with Crippen LogP contribution in [0.15, 0.2) is 10.6 Å². The maximum absolute atomic E-state index is 9.71. The summed E-state index contributed by atoms with van der Waals surface area (Å²) in [5, 5.41) is 9.71. The molecule has 1 aromatic heterocycles. The van der Waals surface area contributed by atoms with Crippen LogP contribution in [0.4, 0.5) is 0 Å². The number of aliphatic hydroxyl groups is 1. The summed E-state index contributed by atoms with van der Waals surface area (Å²) in [6.07, 6.45) is 1.78. The minimum Gasteiger partial charge on any atom is -0.444 e. The van der Waals surface area contributed by atoms with Gasteiger partial charge in [0.1, 0.15) is 5.76 Å². The highest BCUT2D eigenvalue weighted by molar-refractivity contribution is 5.05. The largest absolute Gasteiger partial charge is 0.444 e. The molecule has 0 atom stereocenters. The van der Waals surface area contributed by atoms with Crippen molar-refractivity contribution in [3.63, 3.8) is 0 Å². The Hall–Kier alpha value is -0.870. The Bertz CT molecular complexity index is 358. The zero-order chi connectivity index (χ0) is 13.3. The molecule has 0 spiro atoms. The zero-order valence-electron chi connectivity index (χ0n) is 11.7. The summed E-state index contributed by atoms with van der Waals surface area (Å²) < 4.78 is 5.70. The lowest BCUT2D eigenvalue weighted by Crippen LogP contribution is -2.35. The minimum atomic E-state index is -0.700. The summed E-state index contributed by atoms with van der Waals surface area (Å²) in [7, 11) is 1.94. The molecule has 0 bridgehead atoms. The third-order valence-corrected chi connectivity index (χ3v) is 2.35. The molecular formula is C13H24N2O2. The highest BCUT2D eigenvalue weighted by Crippen LogP contribution is 2.23. The van der Waals surface area contributed by atoms with Crippen LogP contribution in [0.5, 0.6) is 0 Å².